The van der Waals surface area contributed by atoms with Crippen LogP contribution in [0.1, 0.15) is 36.0 Å². The highest BCUT2D eigenvalue weighted by Crippen LogP contribution is 2.20. The monoisotopic (exact) mass is 331 g/mol. The van der Waals surface area contributed by atoms with Crippen LogP contribution in [-0.4, -0.2) is 37.6 Å². The van der Waals surface area contributed by atoms with Gasteiger partial charge in [0.1, 0.15) is 0 Å². The number of rotatable bonds is 7. The lowest BCUT2D eigenvalue weighted by Crippen LogP contribution is -2.35. The largest absolute Gasteiger partial charge is 0.381 e. The van der Waals surface area contributed by atoms with Gasteiger partial charge in [0.05, 0.1) is 6.10 Å². The molecule has 1 fully saturated rings. The summed E-state index contributed by atoms with van der Waals surface area (Å²) >= 11 is 0. The molecule has 24 heavy (non-hydrogen) atoms. The number of hydrogen-bond donors (Lipinski definition) is 3. The summed E-state index contributed by atoms with van der Waals surface area (Å²) in [6, 6.07) is 6.96. The fraction of sp³-hybridized carbons (Fsp3) is 0.444. The van der Waals surface area contributed by atoms with Gasteiger partial charge in [-0.1, -0.05) is 6.08 Å². The van der Waals surface area contributed by atoms with Gasteiger partial charge in [0.15, 0.2) is 0 Å². The van der Waals surface area contributed by atoms with Crippen LogP contribution < -0.4 is 16.4 Å². The fourth-order valence-corrected chi connectivity index (χ4v) is 2.81. The van der Waals surface area contributed by atoms with Crippen molar-refractivity contribution in [2.45, 2.75) is 37.8 Å². The number of ether oxygens (including phenoxy) is 1. The molecule has 6 heteroatoms. The Labute approximate surface area is 142 Å². The summed E-state index contributed by atoms with van der Waals surface area (Å²) in [5.74, 6) is -0.690. The summed E-state index contributed by atoms with van der Waals surface area (Å²) in [4.78, 5) is 22.8. The van der Waals surface area contributed by atoms with Crippen molar-refractivity contribution in [3.63, 3.8) is 0 Å². The third kappa shape index (κ3) is 5.79. The number of benzene rings is 1. The summed E-state index contributed by atoms with van der Waals surface area (Å²) in [6.07, 6.45) is 8.09. The molecule has 0 radical (unpaired) electrons. The predicted octanol–water partition coefficient (Wildman–Crippen LogP) is 1.83. The maximum atomic E-state index is 11.8. The number of nitrogens with one attached hydrogen (secondary N) is 2. The quantitative estimate of drug-likeness (QED) is 0.665. The second-order valence-corrected chi connectivity index (χ2v) is 5.95. The number of methoxy groups -OCH3 is 1. The molecule has 0 aromatic heterocycles. The van der Waals surface area contributed by atoms with Gasteiger partial charge in [0.25, 0.3) is 0 Å². The highest BCUT2D eigenvalue weighted by Gasteiger charge is 2.19. The van der Waals surface area contributed by atoms with E-state index in [0.717, 1.165) is 25.7 Å². The van der Waals surface area contributed by atoms with E-state index in [1.54, 1.807) is 31.4 Å². The molecule has 1 aromatic carbocycles. The molecule has 130 valence electrons. The van der Waals surface area contributed by atoms with E-state index in [1.807, 2.05) is 6.08 Å². The van der Waals surface area contributed by atoms with E-state index in [-0.39, 0.29) is 5.91 Å². The minimum atomic E-state index is -0.488. The summed E-state index contributed by atoms with van der Waals surface area (Å²) in [6.45, 7) is 0.663. The summed E-state index contributed by atoms with van der Waals surface area (Å²) in [7, 11) is 1.77. The first-order valence-electron chi connectivity index (χ1n) is 8.22. The molecule has 0 atom stereocenters. The van der Waals surface area contributed by atoms with Crippen molar-refractivity contribution < 1.29 is 14.3 Å². The number of primary amides is 1. The van der Waals surface area contributed by atoms with Crippen molar-refractivity contribution in [3.8, 4) is 0 Å². The topological polar surface area (TPSA) is 93.4 Å². The van der Waals surface area contributed by atoms with Gasteiger partial charge in [-0.15, -0.1) is 0 Å². The zero-order chi connectivity index (χ0) is 17.4. The first-order chi connectivity index (χ1) is 11.6. The Bertz CT molecular complexity index is 576. The minimum Gasteiger partial charge on any atom is -0.381 e. The average Bonchev–Trinajstić information content (AvgIpc) is 2.59. The zero-order valence-electron chi connectivity index (χ0n) is 14.0. The highest BCUT2D eigenvalue weighted by atomic mass is 16.5. The van der Waals surface area contributed by atoms with Crippen LogP contribution in [0.3, 0.4) is 0 Å². The maximum absolute atomic E-state index is 11.8. The lowest BCUT2D eigenvalue weighted by molar-refractivity contribution is -0.111. The summed E-state index contributed by atoms with van der Waals surface area (Å²) in [5, 5.41) is 6.17. The van der Waals surface area contributed by atoms with Crippen molar-refractivity contribution in [2.75, 3.05) is 19.0 Å². The van der Waals surface area contributed by atoms with E-state index >= 15 is 0 Å². The Morgan fingerprint density at radius 1 is 1.21 bits per heavy atom. The van der Waals surface area contributed by atoms with Gasteiger partial charge in [0.2, 0.25) is 11.8 Å². The lowest BCUT2D eigenvalue weighted by atomic mass is 9.93. The van der Waals surface area contributed by atoms with E-state index in [4.69, 9.17) is 10.5 Å². The van der Waals surface area contributed by atoms with Crippen LogP contribution in [0.15, 0.2) is 36.4 Å². The highest BCUT2D eigenvalue weighted by molar-refractivity contribution is 6.00. The number of amides is 2. The molecule has 4 N–H and O–H groups in total. The molecule has 6 nitrogen and oxygen atoms in total. The Morgan fingerprint density at radius 3 is 2.46 bits per heavy atom. The fourth-order valence-electron chi connectivity index (χ4n) is 2.81. The predicted molar refractivity (Wildman–Crippen MR) is 93.8 cm³/mol. The van der Waals surface area contributed by atoms with Crippen LogP contribution in [0, 0.1) is 0 Å². The molecule has 1 aromatic rings. The third-order valence-corrected chi connectivity index (χ3v) is 4.24. The molecule has 0 unspecified atom stereocenters. The van der Waals surface area contributed by atoms with Crippen molar-refractivity contribution in [3.05, 3.63) is 42.0 Å². The van der Waals surface area contributed by atoms with Gasteiger partial charge in [-0.05, 0) is 49.9 Å². The molecule has 0 aliphatic heterocycles. The van der Waals surface area contributed by atoms with Crippen LogP contribution in [0.25, 0.3) is 0 Å². The molecule has 2 amide bonds. The van der Waals surface area contributed by atoms with Crippen molar-refractivity contribution >= 4 is 17.5 Å². The zero-order valence-corrected chi connectivity index (χ0v) is 14.0. The molecule has 1 aliphatic rings. The maximum Gasteiger partial charge on any atom is 0.248 e. The number of nitrogens with two attached hydrogens (primary N) is 1. The van der Waals surface area contributed by atoms with Crippen molar-refractivity contribution in [1.29, 1.82) is 0 Å². The van der Waals surface area contributed by atoms with Crippen molar-refractivity contribution in [1.82, 2.24) is 5.32 Å². The van der Waals surface area contributed by atoms with E-state index in [2.05, 4.69) is 10.6 Å². The molecule has 1 aliphatic carbocycles. The van der Waals surface area contributed by atoms with Crippen LogP contribution in [-0.2, 0) is 9.53 Å². The SMILES string of the molecule is COC1CCC(NC/C=C/C(=O)Nc2ccc(C(N)=O)cc2)CC1. The smallest absolute Gasteiger partial charge is 0.248 e. The second kappa shape index (κ2) is 9.20. The van der Waals surface area contributed by atoms with Crippen LogP contribution in [0.4, 0.5) is 5.69 Å². The van der Waals surface area contributed by atoms with Crippen LogP contribution in [0.5, 0.6) is 0 Å². The minimum absolute atomic E-state index is 0.202. The summed E-state index contributed by atoms with van der Waals surface area (Å²) in [5.41, 5.74) is 6.21. The Morgan fingerprint density at radius 2 is 1.88 bits per heavy atom. The van der Waals surface area contributed by atoms with Crippen molar-refractivity contribution in [2.24, 2.45) is 5.73 Å². The van der Waals surface area contributed by atoms with E-state index in [9.17, 15) is 9.59 Å². The molecular weight excluding hydrogens is 306 g/mol. The normalized spacial score (nSPS) is 20.9. The first-order valence-corrected chi connectivity index (χ1v) is 8.22. The molecule has 1 saturated carbocycles. The van der Waals surface area contributed by atoms with Crippen LogP contribution >= 0.6 is 0 Å². The van der Waals surface area contributed by atoms with E-state index in [1.165, 1.54) is 6.08 Å². The molecule has 0 saturated heterocycles. The standard InChI is InChI=1S/C18H25N3O3/c1-24-16-10-8-14(9-11-16)20-12-2-3-17(22)21-15-6-4-13(5-7-15)18(19)23/h2-7,14,16,20H,8-12H2,1H3,(H2,19,23)(H,21,22)/b3-2+. The van der Waals surface area contributed by atoms with Gasteiger partial charge in [-0.3, -0.25) is 9.59 Å². The van der Waals surface area contributed by atoms with Gasteiger partial charge >= 0.3 is 0 Å². The van der Waals surface area contributed by atoms with E-state index < -0.39 is 5.91 Å². The molecule has 2 rings (SSSR count). The molecule has 0 spiro atoms. The average molecular weight is 331 g/mol. The summed E-state index contributed by atoms with van der Waals surface area (Å²) < 4.78 is 5.35. The molecule has 0 heterocycles. The van der Waals surface area contributed by atoms with Gasteiger partial charge in [-0.25, -0.2) is 0 Å². The van der Waals surface area contributed by atoms with Gasteiger partial charge in [0, 0.05) is 37.0 Å². The Hall–Kier alpha value is -2.18. The van der Waals surface area contributed by atoms with Crippen LogP contribution in [0.2, 0.25) is 0 Å². The second-order valence-electron chi connectivity index (χ2n) is 5.95. The number of carbonyl (C=O) groups is 2. The Kier molecular flexibility index (Phi) is 6.96. The molecule has 0 bridgehead atoms. The van der Waals surface area contributed by atoms with Gasteiger partial charge in [-0.2, -0.15) is 0 Å². The lowest BCUT2D eigenvalue weighted by Gasteiger charge is -2.27. The van der Waals surface area contributed by atoms with Gasteiger partial charge < -0.3 is 21.1 Å². The Balaban J connectivity index is 1.68. The number of hydrogen-bond acceptors (Lipinski definition) is 4. The molecular formula is C18H25N3O3. The first kappa shape index (κ1) is 18.2. The number of carbonyl (C=O) groups excluding carboxylic acids is 2. The third-order valence-electron chi connectivity index (χ3n) is 4.24. The van der Waals surface area contributed by atoms with E-state index in [0.29, 0.717) is 29.9 Å². The number of anilines is 1.